The van der Waals surface area contributed by atoms with Crippen molar-refractivity contribution < 1.29 is 23.0 Å². The molecule has 0 atom stereocenters. The molecule has 0 N–H and O–H groups in total. The third-order valence-electron chi connectivity index (χ3n) is 6.73. The number of methoxy groups -OCH3 is 2. The van der Waals surface area contributed by atoms with Crippen LogP contribution in [0.4, 0.5) is 4.39 Å². The Bertz CT molecular complexity index is 2090. The summed E-state index contributed by atoms with van der Waals surface area (Å²) in [5.74, 6) is 1.56. The fourth-order valence-corrected chi connectivity index (χ4v) is 5.52. The fraction of sp³-hybridized carbons (Fsp3) is 0.0938. The zero-order chi connectivity index (χ0) is 30.1. The van der Waals surface area contributed by atoms with E-state index >= 15 is 0 Å². The van der Waals surface area contributed by atoms with Crippen LogP contribution in [0.2, 0.25) is 0 Å². The molecule has 0 bridgehead atoms. The van der Waals surface area contributed by atoms with Gasteiger partial charge in [0.15, 0.2) is 17.3 Å². The number of benzene rings is 4. The van der Waals surface area contributed by atoms with Crippen molar-refractivity contribution in [2.24, 2.45) is 5.10 Å². The molecule has 0 radical (unpaired) electrons. The minimum atomic E-state index is -0.378. The van der Waals surface area contributed by atoms with Crippen molar-refractivity contribution in [2.45, 2.75) is 6.61 Å². The van der Waals surface area contributed by atoms with Gasteiger partial charge in [0.05, 0.1) is 41.2 Å². The quantitative estimate of drug-likeness (QED) is 0.149. The van der Waals surface area contributed by atoms with Crippen LogP contribution in [0.1, 0.15) is 11.1 Å². The first-order valence-electron chi connectivity index (χ1n) is 12.9. The number of furan rings is 1. The average Bonchev–Trinajstić information content (AvgIpc) is 3.47. The van der Waals surface area contributed by atoms with Crippen LogP contribution in [0.5, 0.6) is 17.2 Å². The number of rotatable bonds is 8. The molecule has 6 rings (SSSR count). The van der Waals surface area contributed by atoms with Crippen molar-refractivity contribution in [1.82, 2.24) is 9.66 Å². The molecular weight excluding hydrogens is 685 g/mol. The standard InChI is InChI=1S/C32H22Br2FN3O5/c1-40-24-12-7-13-25-21(24)15-27(43-25)31-37-23-11-6-4-9-20(23)32(39)38(31)36-16-19-14-26(41-2)30(29(34)28(19)33)42-17-18-8-3-5-10-22(18)35/h3-16H,17H2,1-2H3. The van der Waals surface area contributed by atoms with Gasteiger partial charge in [-0.15, -0.1) is 0 Å². The minimum Gasteiger partial charge on any atom is -0.496 e. The summed E-state index contributed by atoms with van der Waals surface area (Å²) in [6.45, 7) is -0.00862. The molecule has 0 unspecified atom stereocenters. The van der Waals surface area contributed by atoms with E-state index < -0.39 is 0 Å². The highest BCUT2D eigenvalue weighted by Gasteiger charge is 2.20. The molecular formula is C32H22Br2FN3O5. The zero-order valence-corrected chi connectivity index (χ0v) is 26.0. The van der Waals surface area contributed by atoms with Gasteiger partial charge in [-0.05, 0) is 74.3 Å². The van der Waals surface area contributed by atoms with Crippen molar-refractivity contribution >= 4 is 59.9 Å². The van der Waals surface area contributed by atoms with E-state index in [-0.39, 0.29) is 23.8 Å². The summed E-state index contributed by atoms with van der Waals surface area (Å²) in [6.07, 6.45) is 1.50. The van der Waals surface area contributed by atoms with Gasteiger partial charge in [0.2, 0.25) is 5.82 Å². The molecule has 8 nitrogen and oxygen atoms in total. The fourth-order valence-electron chi connectivity index (χ4n) is 4.58. The Hall–Kier alpha value is -4.48. The van der Waals surface area contributed by atoms with Gasteiger partial charge in [0, 0.05) is 15.6 Å². The number of fused-ring (bicyclic) bond motifs is 2. The van der Waals surface area contributed by atoms with E-state index in [0.29, 0.717) is 59.6 Å². The Kier molecular flexibility index (Phi) is 8.00. The number of halogens is 3. The number of nitrogens with zero attached hydrogens (tertiary/aromatic N) is 3. The van der Waals surface area contributed by atoms with Crippen molar-refractivity contribution in [2.75, 3.05) is 14.2 Å². The van der Waals surface area contributed by atoms with Gasteiger partial charge in [-0.25, -0.2) is 9.37 Å². The van der Waals surface area contributed by atoms with E-state index in [0.717, 1.165) is 5.39 Å². The molecule has 0 aliphatic heterocycles. The maximum atomic E-state index is 14.2. The first-order chi connectivity index (χ1) is 20.9. The number of hydrogen-bond donors (Lipinski definition) is 0. The summed E-state index contributed by atoms with van der Waals surface area (Å²) in [5.41, 5.74) is 1.67. The monoisotopic (exact) mass is 705 g/mol. The van der Waals surface area contributed by atoms with Crippen LogP contribution >= 0.6 is 31.9 Å². The highest BCUT2D eigenvalue weighted by atomic mass is 79.9. The molecule has 0 saturated heterocycles. The van der Waals surface area contributed by atoms with Gasteiger partial charge in [-0.2, -0.15) is 9.78 Å². The van der Waals surface area contributed by atoms with Crippen molar-refractivity contribution in [3.8, 4) is 28.8 Å². The smallest absolute Gasteiger partial charge is 0.282 e. The van der Waals surface area contributed by atoms with E-state index in [1.165, 1.54) is 24.1 Å². The molecule has 11 heteroatoms. The third kappa shape index (κ3) is 5.41. The Morgan fingerprint density at radius 1 is 0.930 bits per heavy atom. The molecule has 4 aromatic carbocycles. The second-order valence-corrected chi connectivity index (χ2v) is 10.9. The molecule has 2 heterocycles. The summed E-state index contributed by atoms with van der Waals surface area (Å²) in [5, 5.41) is 5.69. The van der Waals surface area contributed by atoms with Gasteiger partial charge >= 0.3 is 0 Å². The first kappa shape index (κ1) is 28.6. The van der Waals surface area contributed by atoms with E-state index in [1.54, 1.807) is 55.6 Å². The van der Waals surface area contributed by atoms with Crippen molar-refractivity contribution in [3.63, 3.8) is 0 Å². The lowest BCUT2D eigenvalue weighted by molar-refractivity contribution is 0.277. The lowest BCUT2D eigenvalue weighted by atomic mass is 10.2. The van der Waals surface area contributed by atoms with Crippen LogP contribution < -0.4 is 19.8 Å². The van der Waals surface area contributed by atoms with E-state index in [9.17, 15) is 9.18 Å². The molecule has 0 amide bonds. The molecule has 0 aliphatic carbocycles. The van der Waals surface area contributed by atoms with Crippen LogP contribution in [-0.2, 0) is 6.61 Å². The summed E-state index contributed by atoms with van der Waals surface area (Å²) < 4.78 is 39.6. The Morgan fingerprint density at radius 3 is 2.49 bits per heavy atom. The first-order valence-corrected chi connectivity index (χ1v) is 14.5. The molecule has 0 saturated carbocycles. The normalized spacial score (nSPS) is 11.5. The third-order valence-corrected chi connectivity index (χ3v) is 8.88. The van der Waals surface area contributed by atoms with Crippen LogP contribution in [0.15, 0.2) is 102 Å². The number of para-hydroxylation sites is 1. The predicted octanol–water partition coefficient (Wildman–Crippen LogP) is 7.95. The summed E-state index contributed by atoms with van der Waals surface area (Å²) in [4.78, 5) is 18.4. The Morgan fingerprint density at radius 2 is 1.70 bits per heavy atom. The summed E-state index contributed by atoms with van der Waals surface area (Å²) in [7, 11) is 3.08. The maximum absolute atomic E-state index is 14.2. The number of aromatic nitrogens is 2. The molecule has 0 aliphatic rings. The molecule has 6 aromatic rings. The maximum Gasteiger partial charge on any atom is 0.282 e. The number of ether oxygens (including phenoxy) is 3. The van der Waals surface area contributed by atoms with E-state index in [1.807, 2.05) is 24.3 Å². The average molecular weight is 707 g/mol. The van der Waals surface area contributed by atoms with E-state index in [2.05, 4.69) is 37.0 Å². The van der Waals surface area contributed by atoms with Gasteiger partial charge in [0.25, 0.3) is 5.56 Å². The predicted molar refractivity (Wildman–Crippen MR) is 170 cm³/mol. The molecule has 0 spiro atoms. The second-order valence-electron chi connectivity index (χ2n) is 9.30. The van der Waals surface area contributed by atoms with E-state index in [4.69, 9.17) is 23.6 Å². The lowest BCUT2D eigenvalue weighted by Gasteiger charge is -2.15. The minimum absolute atomic E-state index is 0.00862. The largest absolute Gasteiger partial charge is 0.496 e. The highest BCUT2D eigenvalue weighted by Crippen LogP contribution is 2.43. The lowest BCUT2D eigenvalue weighted by Crippen LogP contribution is -2.20. The van der Waals surface area contributed by atoms with Crippen molar-refractivity contribution in [1.29, 1.82) is 0 Å². The SMILES string of the molecule is COc1cc(C=Nn2c(-c3cc4c(OC)cccc4o3)nc3ccccc3c2=O)c(Br)c(Br)c1OCc1ccccc1F. The molecule has 2 aromatic heterocycles. The Balaban J connectivity index is 1.44. The van der Waals surface area contributed by atoms with Crippen molar-refractivity contribution in [3.05, 3.63) is 115 Å². The molecule has 43 heavy (non-hydrogen) atoms. The van der Waals surface area contributed by atoms with Gasteiger partial charge in [-0.1, -0.05) is 36.4 Å². The molecule has 216 valence electrons. The van der Waals surface area contributed by atoms with Gasteiger partial charge in [0.1, 0.15) is 23.8 Å². The molecule has 0 fully saturated rings. The van der Waals surface area contributed by atoms with Crippen LogP contribution in [0, 0.1) is 5.82 Å². The Labute approximate surface area is 261 Å². The zero-order valence-electron chi connectivity index (χ0n) is 22.8. The highest BCUT2D eigenvalue weighted by molar-refractivity contribution is 9.13. The summed E-state index contributed by atoms with van der Waals surface area (Å²) in [6, 6.07) is 22.3. The topological polar surface area (TPSA) is 88.1 Å². The number of hydrogen-bond acceptors (Lipinski definition) is 7. The second kappa shape index (κ2) is 12.0. The van der Waals surface area contributed by atoms with Gasteiger partial charge < -0.3 is 18.6 Å². The van der Waals surface area contributed by atoms with Crippen LogP contribution in [0.25, 0.3) is 33.5 Å². The summed E-state index contributed by atoms with van der Waals surface area (Å²) >= 11 is 7.14. The van der Waals surface area contributed by atoms with Gasteiger partial charge in [-0.3, -0.25) is 4.79 Å². The van der Waals surface area contributed by atoms with Crippen LogP contribution in [0.3, 0.4) is 0 Å². The van der Waals surface area contributed by atoms with Crippen LogP contribution in [-0.4, -0.2) is 30.1 Å².